The second kappa shape index (κ2) is 5.60. The van der Waals surface area contributed by atoms with Gasteiger partial charge in [-0.2, -0.15) is 0 Å². The molecule has 0 saturated heterocycles. The van der Waals surface area contributed by atoms with E-state index in [4.69, 9.17) is 0 Å². The smallest absolute Gasteiger partial charge is 0.252 e. The van der Waals surface area contributed by atoms with Crippen molar-refractivity contribution in [1.29, 1.82) is 0 Å². The first-order chi connectivity index (χ1) is 16.8. The molecule has 9 rings (SSSR count). The number of para-hydroxylation sites is 3. The summed E-state index contributed by atoms with van der Waals surface area (Å²) in [5, 5.41) is 4.97. The fourth-order valence-corrected chi connectivity index (χ4v) is 6.76. The number of hydrogen-bond acceptors (Lipinski definition) is 0. The molecule has 0 bridgehead atoms. The van der Waals surface area contributed by atoms with E-state index in [2.05, 4.69) is 88.0 Å². The lowest BCUT2D eigenvalue weighted by atomic mass is 9.34. The molecule has 156 valence electrons. The molecule has 0 atom stereocenters. The van der Waals surface area contributed by atoms with Crippen molar-refractivity contribution in [2.24, 2.45) is 0 Å². The molecular weight excluding hydrogens is 418 g/mol. The van der Waals surface area contributed by atoms with Crippen LogP contribution < -0.4 is 16.4 Å². The molecule has 4 heteroatoms. The van der Waals surface area contributed by atoms with Gasteiger partial charge < -0.3 is 9.13 Å². The van der Waals surface area contributed by atoms with Crippen molar-refractivity contribution in [2.45, 2.75) is 0 Å². The third kappa shape index (κ3) is 1.77. The maximum Gasteiger partial charge on any atom is 0.252 e. The van der Waals surface area contributed by atoms with Crippen LogP contribution in [0.1, 0.15) is 0 Å². The molecule has 2 nitrogen and oxygen atoms in total. The van der Waals surface area contributed by atoms with Crippen LogP contribution in [-0.2, 0) is 0 Å². The van der Waals surface area contributed by atoms with E-state index in [9.17, 15) is 4.39 Å². The van der Waals surface area contributed by atoms with Crippen LogP contribution in [0, 0.1) is 5.82 Å². The molecule has 4 heterocycles. The maximum absolute atomic E-state index is 14.7. The lowest BCUT2D eigenvalue weighted by Crippen LogP contribution is -2.59. The average molecular weight is 434 g/mol. The monoisotopic (exact) mass is 434 g/mol. The van der Waals surface area contributed by atoms with Gasteiger partial charge in [0, 0.05) is 38.4 Å². The Hall–Kier alpha value is -4.31. The van der Waals surface area contributed by atoms with E-state index in [0.29, 0.717) is 0 Å². The molecule has 0 radical (unpaired) electrons. The number of hydrogen-bond donors (Lipinski definition) is 0. The molecule has 2 aliphatic rings. The Balaban J connectivity index is 1.62. The second-order valence-electron chi connectivity index (χ2n) is 9.48. The van der Waals surface area contributed by atoms with Crippen LogP contribution in [0.3, 0.4) is 0 Å². The summed E-state index contributed by atoms with van der Waals surface area (Å²) in [5.74, 6) is -0.201. The van der Waals surface area contributed by atoms with Gasteiger partial charge in [0.2, 0.25) is 0 Å². The number of benzene rings is 5. The van der Waals surface area contributed by atoms with Crippen LogP contribution in [0.15, 0.2) is 97.1 Å². The van der Waals surface area contributed by atoms with Crippen LogP contribution in [-0.4, -0.2) is 15.8 Å². The van der Waals surface area contributed by atoms with Crippen LogP contribution in [0.4, 0.5) is 4.39 Å². The van der Waals surface area contributed by atoms with Crippen molar-refractivity contribution in [2.75, 3.05) is 0 Å². The molecule has 0 N–H and O–H groups in total. The van der Waals surface area contributed by atoms with E-state index in [1.165, 1.54) is 54.7 Å². The Morgan fingerprint density at radius 3 is 2.00 bits per heavy atom. The molecule has 34 heavy (non-hydrogen) atoms. The normalized spacial score (nSPS) is 13.4. The molecule has 0 unspecified atom stereocenters. The Morgan fingerprint density at radius 2 is 1.21 bits per heavy atom. The van der Waals surface area contributed by atoms with Gasteiger partial charge in [0.25, 0.3) is 6.71 Å². The largest absolute Gasteiger partial charge is 0.310 e. The van der Waals surface area contributed by atoms with Gasteiger partial charge in [0.05, 0.1) is 16.6 Å². The average Bonchev–Trinajstić information content (AvgIpc) is 3.40. The van der Waals surface area contributed by atoms with Crippen molar-refractivity contribution in [3.05, 3.63) is 103 Å². The molecule has 0 aliphatic carbocycles. The van der Waals surface area contributed by atoms with Crippen LogP contribution in [0.25, 0.3) is 55.0 Å². The highest BCUT2D eigenvalue weighted by molar-refractivity contribution is 7.00. The number of aromatic nitrogens is 2. The first-order valence-electron chi connectivity index (χ1n) is 11.7. The van der Waals surface area contributed by atoms with Gasteiger partial charge in [-0.15, -0.1) is 0 Å². The standard InChI is InChI=1S/C30H16BFN2/c32-17-12-14-22-27(16-17)34-25-11-4-2-7-19(25)21-13-15-26-28(30(21)34)31(22)23-9-5-8-20-18-6-1-3-10-24(18)33(26)29(20)23/h1-16H. The minimum absolute atomic E-state index is 0.0617. The van der Waals surface area contributed by atoms with E-state index >= 15 is 0 Å². The zero-order valence-electron chi connectivity index (χ0n) is 18.1. The Labute approximate surface area is 194 Å². The van der Waals surface area contributed by atoms with Gasteiger partial charge in [0.1, 0.15) is 5.82 Å². The van der Waals surface area contributed by atoms with Crippen LogP contribution in [0.2, 0.25) is 0 Å². The summed E-state index contributed by atoms with van der Waals surface area (Å²) in [6.45, 7) is 0.0617. The summed E-state index contributed by atoms with van der Waals surface area (Å²) in [4.78, 5) is 0. The van der Waals surface area contributed by atoms with Crippen molar-refractivity contribution in [3.8, 4) is 11.4 Å². The number of fused-ring (bicyclic) bond motifs is 11. The van der Waals surface area contributed by atoms with Gasteiger partial charge in [-0.3, -0.25) is 0 Å². The fourth-order valence-electron chi connectivity index (χ4n) is 6.76. The Bertz CT molecular complexity index is 2050. The summed E-state index contributed by atoms with van der Waals surface area (Å²) in [7, 11) is 0. The molecule has 5 aromatic carbocycles. The molecule has 2 aliphatic heterocycles. The molecule has 0 fully saturated rings. The summed E-state index contributed by atoms with van der Waals surface area (Å²) < 4.78 is 19.4. The molecule has 0 spiro atoms. The number of halogens is 1. The van der Waals surface area contributed by atoms with Crippen molar-refractivity contribution >= 4 is 66.7 Å². The first-order valence-corrected chi connectivity index (χ1v) is 11.7. The predicted molar refractivity (Wildman–Crippen MR) is 140 cm³/mol. The van der Waals surface area contributed by atoms with Gasteiger partial charge in [-0.05, 0) is 46.7 Å². The lowest BCUT2D eigenvalue weighted by molar-refractivity contribution is 0.627. The highest BCUT2D eigenvalue weighted by Gasteiger charge is 2.40. The van der Waals surface area contributed by atoms with Crippen molar-refractivity contribution < 1.29 is 4.39 Å². The maximum atomic E-state index is 14.7. The van der Waals surface area contributed by atoms with Crippen LogP contribution >= 0.6 is 0 Å². The summed E-state index contributed by atoms with van der Waals surface area (Å²) in [6, 6.07) is 33.7. The summed E-state index contributed by atoms with van der Waals surface area (Å²) in [5.41, 5.74) is 10.7. The van der Waals surface area contributed by atoms with E-state index in [1.807, 2.05) is 6.07 Å². The third-order valence-electron chi connectivity index (χ3n) is 7.96. The molecular formula is C30H16BFN2. The third-order valence-corrected chi connectivity index (χ3v) is 7.96. The molecule has 2 aromatic heterocycles. The zero-order chi connectivity index (χ0) is 22.1. The van der Waals surface area contributed by atoms with E-state index in [1.54, 1.807) is 12.1 Å². The number of nitrogens with zero attached hydrogens (tertiary/aromatic N) is 2. The van der Waals surface area contributed by atoms with Gasteiger partial charge in [-0.1, -0.05) is 66.7 Å². The van der Waals surface area contributed by atoms with E-state index in [0.717, 1.165) is 16.7 Å². The van der Waals surface area contributed by atoms with Gasteiger partial charge in [0.15, 0.2) is 0 Å². The quantitative estimate of drug-likeness (QED) is 0.292. The topological polar surface area (TPSA) is 9.86 Å². The Kier molecular flexibility index (Phi) is 2.83. The summed E-state index contributed by atoms with van der Waals surface area (Å²) >= 11 is 0. The minimum atomic E-state index is -0.201. The van der Waals surface area contributed by atoms with Crippen molar-refractivity contribution in [1.82, 2.24) is 9.13 Å². The lowest BCUT2D eigenvalue weighted by Gasteiger charge is -2.33. The minimum Gasteiger partial charge on any atom is -0.310 e. The molecule has 7 aromatic rings. The van der Waals surface area contributed by atoms with Crippen LogP contribution in [0.5, 0.6) is 0 Å². The first kappa shape index (κ1) is 17.2. The highest BCUT2D eigenvalue weighted by atomic mass is 19.1. The number of rotatable bonds is 0. The van der Waals surface area contributed by atoms with E-state index in [-0.39, 0.29) is 12.5 Å². The highest BCUT2D eigenvalue weighted by Crippen LogP contribution is 2.39. The van der Waals surface area contributed by atoms with Crippen molar-refractivity contribution in [3.63, 3.8) is 0 Å². The molecule has 0 amide bonds. The second-order valence-corrected chi connectivity index (χ2v) is 9.48. The van der Waals surface area contributed by atoms with E-state index < -0.39 is 0 Å². The fraction of sp³-hybridized carbons (Fsp3) is 0. The Morgan fingerprint density at radius 1 is 0.529 bits per heavy atom. The molecule has 0 saturated carbocycles. The summed E-state index contributed by atoms with van der Waals surface area (Å²) in [6.07, 6.45) is 0. The van der Waals surface area contributed by atoms with Gasteiger partial charge in [-0.25, -0.2) is 4.39 Å². The SMILES string of the molecule is Fc1ccc2c(c1)-n1c3ccccc3c3ccc4c(c31)B2c1cccc2c3ccccc3n-4c12. The van der Waals surface area contributed by atoms with Gasteiger partial charge >= 0.3 is 0 Å². The zero-order valence-corrected chi connectivity index (χ0v) is 18.1. The predicted octanol–water partition coefficient (Wildman–Crippen LogP) is 5.16.